The zero-order valence-corrected chi connectivity index (χ0v) is 12.0. The molecule has 2 N–H and O–H groups in total. The molecular formula is C17H18N4. The topological polar surface area (TPSA) is 55.0 Å². The van der Waals surface area contributed by atoms with Gasteiger partial charge in [-0.1, -0.05) is 24.3 Å². The number of nitrogens with two attached hydrogens (primary N) is 1. The molecule has 0 aliphatic heterocycles. The normalized spacial score (nSPS) is 11.1. The fourth-order valence-electron chi connectivity index (χ4n) is 2.44. The molecule has 21 heavy (non-hydrogen) atoms. The Morgan fingerprint density at radius 2 is 1.76 bits per heavy atom. The van der Waals surface area contributed by atoms with Crippen molar-refractivity contribution in [1.29, 1.82) is 0 Å². The molecule has 0 aliphatic rings. The zero-order chi connectivity index (χ0) is 14.7. The van der Waals surface area contributed by atoms with Gasteiger partial charge in [0.05, 0.1) is 16.9 Å². The molecule has 3 rings (SSSR count). The first-order valence-corrected chi connectivity index (χ1v) is 6.95. The lowest BCUT2D eigenvalue weighted by Crippen LogP contribution is -2.18. The molecule has 0 spiro atoms. The summed E-state index contributed by atoms with van der Waals surface area (Å²) in [5, 5.41) is 1.01. The molecule has 0 amide bonds. The smallest absolute Gasteiger partial charge is 0.0726 e. The Balaban J connectivity index is 1.78. The van der Waals surface area contributed by atoms with Gasteiger partial charge in [0.2, 0.25) is 0 Å². The summed E-state index contributed by atoms with van der Waals surface area (Å²) in [4.78, 5) is 11.2. The molecule has 0 unspecified atom stereocenters. The van der Waals surface area contributed by atoms with Crippen LogP contribution in [0.2, 0.25) is 0 Å². The standard InChI is InChI=1S/C17H18N4/c1-21(11-13-6-4-5-9-19-13)12-14-10-16(18)15-7-2-3-8-17(15)20-14/h2-10H,11-12H2,1H3,(H2,18,20). The van der Waals surface area contributed by atoms with Gasteiger partial charge in [0, 0.05) is 30.4 Å². The van der Waals surface area contributed by atoms with Gasteiger partial charge in [0.15, 0.2) is 0 Å². The number of anilines is 1. The summed E-state index contributed by atoms with van der Waals surface area (Å²) in [5.74, 6) is 0. The molecule has 3 aromatic rings. The van der Waals surface area contributed by atoms with Crippen molar-refractivity contribution < 1.29 is 0 Å². The number of pyridine rings is 2. The average Bonchev–Trinajstić information content (AvgIpc) is 2.48. The van der Waals surface area contributed by atoms with Crippen LogP contribution in [-0.4, -0.2) is 21.9 Å². The predicted molar refractivity (Wildman–Crippen MR) is 85.6 cm³/mol. The number of aromatic nitrogens is 2. The van der Waals surface area contributed by atoms with Gasteiger partial charge < -0.3 is 5.73 Å². The van der Waals surface area contributed by atoms with Crippen molar-refractivity contribution in [3.8, 4) is 0 Å². The van der Waals surface area contributed by atoms with E-state index >= 15 is 0 Å². The molecule has 0 saturated carbocycles. The van der Waals surface area contributed by atoms with E-state index in [0.717, 1.165) is 41.1 Å². The third-order valence-corrected chi connectivity index (χ3v) is 3.39. The zero-order valence-electron chi connectivity index (χ0n) is 12.0. The fraction of sp³-hybridized carbons (Fsp3) is 0.176. The van der Waals surface area contributed by atoms with Crippen molar-refractivity contribution >= 4 is 16.6 Å². The second-order valence-electron chi connectivity index (χ2n) is 5.21. The Kier molecular flexibility index (Phi) is 3.79. The van der Waals surface area contributed by atoms with Crippen LogP contribution in [0.1, 0.15) is 11.4 Å². The highest BCUT2D eigenvalue weighted by atomic mass is 15.1. The third-order valence-electron chi connectivity index (χ3n) is 3.39. The van der Waals surface area contributed by atoms with Gasteiger partial charge in [-0.15, -0.1) is 0 Å². The van der Waals surface area contributed by atoms with Crippen LogP contribution < -0.4 is 5.73 Å². The monoisotopic (exact) mass is 278 g/mol. The minimum Gasteiger partial charge on any atom is -0.398 e. The second kappa shape index (κ2) is 5.89. The van der Waals surface area contributed by atoms with Crippen LogP contribution in [0.3, 0.4) is 0 Å². The summed E-state index contributed by atoms with van der Waals surface area (Å²) in [6, 6.07) is 15.9. The van der Waals surface area contributed by atoms with Crippen LogP contribution in [0.25, 0.3) is 10.9 Å². The number of rotatable bonds is 4. The van der Waals surface area contributed by atoms with Gasteiger partial charge in [0.1, 0.15) is 0 Å². The molecule has 106 valence electrons. The third kappa shape index (κ3) is 3.17. The van der Waals surface area contributed by atoms with Crippen molar-refractivity contribution in [2.75, 3.05) is 12.8 Å². The number of nitrogens with zero attached hydrogens (tertiary/aromatic N) is 3. The van der Waals surface area contributed by atoms with Crippen LogP contribution >= 0.6 is 0 Å². The van der Waals surface area contributed by atoms with E-state index in [4.69, 9.17) is 5.73 Å². The van der Waals surface area contributed by atoms with Gasteiger partial charge in [-0.2, -0.15) is 0 Å². The molecule has 0 saturated heterocycles. The summed E-state index contributed by atoms with van der Waals surface area (Å²) in [6.45, 7) is 1.53. The lowest BCUT2D eigenvalue weighted by molar-refractivity contribution is 0.311. The Morgan fingerprint density at radius 1 is 1.00 bits per heavy atom. The quantitative estimate of drug-likeness (QED) is 0.797. The van der Waals surface area contributed by atoms with E-state index in [0.29, 0.717) is 0 Å². The van der Waals surface area contributed by atoms with E-state index in [-0.39, 0.29) is 0 Å². The molecule has 2 aromatic heterocycles. The second-order valence-corrected chi connectivity index (χ2v) is 5.21. The van der Waals surface area contributed by atoms with E-state index in [2.05, 4.69) is 21.9 Å². The highest BCUT2D eigenvalue weighted by molar-refractivity contribution is 5.90. The summed E-state index contributed by atoms with van der Waals surface area (Å²) in [6.07, 6.45) is 1.81. The summed E-state index contributed by atoms with van der Waals surface area (Å²) in [5.41, 5.74) is 9.86. The van der Waals surface area contributed by atoms with Crippen LogP contribution in [-0.2, 0) is 13.1 Å². The highest BCUT2D eigenvalue weighted by Gasteiger charge is 2.07. The van der Waals surface area contributed by atoms with Crippen molar-refractivity contribution in [2.24, 2.45) is 0 Å². The maximum absolute atomic E-state index is 6.11. The van der Waals surface area contributed by atoms with Crippen LogP contribution in [0, 0.1) is 0 Å². The Morgan fingerprint density at radius 3 is 2.57 bits per heavy atom. The molecule has 0 aliphatic carbocycles. The summed E-state index contributed by atoms with van der Waals surface area (Å²) >= 11 is 0. The molecule has 0 radical (unpaired) electrons. The van der Waals surface area contributed by atoms with Gasteiger partial charge in [-0.05, 0) is 31.3 Å². The SMILES string of the molecule is CN(Cc1ccccn1)Cc1cc(N)c2ccccc2n1. The molecule has 1 aromatic carbocycles. The van der Waals surface area contributed by atoms with E-state index < -0.39 is 0 Å². The van der Waals surface area contributed by atoms with Gasteiger partial charge in [0.25, 0.3) is 0 Å². The number of benzene rings is 1. The summed E-state index contributed by atoms with van der Waals surface area (Å²) in [7, 11) is 2.06. The van der Waals surface area contributed by atoms with Gasteiger partial charge in [-0.25, -0.2) is 0 Å². The molecule has 0 fully saturated rings. The molecule has 4 heteroatoms. The number of fused-ring (bicyclic) bond motifs is 1. The van der Waals surface area contributed by atoms with E-state index in [1.54, 1.807) is 0 Å². The first-order chi connectivity index (χ1) is 10.2. The van der Waals surface area contributed by atoms with Crippen LogP contribution in [0.5, 0.6) is 0 Å². The minimum atomic E-state index is 0.742. The maximum Gasteiger partial charge on any atom is 0.0726 e. The van der Waals surface area contributed by atoms with Crippen molar-refractivity contribution in [2.45, 2.75) is 13.1 Å². The number of para-hydroxylation sites is 1. The summed E-state index contributed by atoms with van der Waals surface area (Å²) < 4.78 is 0. The Hall–Kier alpha value is -2.46. The first kappa shape index (κ1) is 13.5. The molecule has 2 heterocycles. The molecule has 4 nitrogen and oxygen atoms in total. The van der Waals surface area contributed by atoms with Gasteiger partial charge in [-0.3, -0.25) is 14.9 Å². The lowest BCUT2D eigenvalue weighted by Gasteiger charge is -2.16. The van der Waals surface area contributed by atoms with E-state index in [1.807, 2.05) is 54.7 Å². The molecular weight excluding hydrogens is 260 g/mol. The van der Waals surface area contributed by atoms with Crippen LogP contribution in [0.4, 0.5) is 5.69 Å². The minimum absolute atomic E-state index is 0.742. The van der Waals surface area contributed by atoms with E-state index in [9.17, 15) is 0 Å². The van der Waals surface area contributed by atoms with Crippen molar-refractivity contribution in [3.05, 3.63) is 66.1 Å². The van der Waals surface area contributed by atoms with Gasteiger partial charge >= 0.3 is 0 Å². The van der Waals surface area contributed by atoms with Crippen molar-refractivity contribution in [1.82, 2.24) is 14.9 Å². The number of hydrogen-bond acceptors (Lipinski definition) is 4. The highest BCUT2D eigenvalue weighted by Crippen LogP contribution is 2.20. The predicted octanol–water partition coefficient (Wildman–Crippen LogP) is 2.84. The van der Waals surface area contributed by atoms with Crippen molar-refractivity contribution in [3.63, 3.8) is 0 Å². The van der Waals surface area contributed by atoms with Crippen LogP contribution in [0.15, 0.2) is 54.7 Å². The Labute approximate surface area is 124 Å². The lowest BCUT2D eigenvalue weighted by atomic mass is 10.1. The first-order valence-electron chi connectivity index (χ1n) is 6.95. The number of nitrogen functional groups attached to an aromatic ring is 1. The maximum atomic E-state index is 6.11. The Bertz CT molecular complexity index is 740. The molecule has 0 atom stereocenters. The molecule has 0 bridgehead atoms. The largest absolute Gasteiger partial charge is 0.398 e. The number of hydrogen-bond donors (Lipinski definition) is 1. The van der Waals surface area contributed by atoms with E-state index in [1.165, 1.54) is 0 Å². The fourth-order valence-corrected chi connectivity index (χ4v) is 2.44. The average molecular weight is 278 g/mol.